The summed E-state index contributed by atoms with van der Waals surface area (Å²) in [6.45, 7) is 4.68. The third-order valence-corrected chi connectivity index (χ3v) is 3.17. The van der Waals surface area contributed by atoms with Crippen LogP contribution in [0.15, 0.2) is 55.1 Å². The Kier molecular flexibility index (Phi) is 4.29. The van der Waals surface area contributed by atoms with Gasteiger partial charge in [-0.15, -0.1) is 0 Å². The first-order valence-electron chi connectivity index (χ1n) is 5.59. The second-order valence-electron chi connectivity index (χ2n) is 3.95. The van der Waals surface area contributed by atoms with E-state index in [-0.39, 0.29) is 0 Å². The molecule has 0 spiro atoms. The monoisotopic (exact) mass is 277 g/mol. The van der Waals surface area contributed by atoms with Gasteiger partial charge in [0.05, 0.1) is 10.7 Å². The van der Waals surface area contributed by atoms with Gasteiger partial charge >= 0.3 is 0 Å². The molecule has 0 atom stereocenters. The number of halogens is 2. The van der Waals surface area contributed by atoms with Crippen LogP contribution >= 0.6 is 23.2 Å². The van der Waals surface area contributed by atoms with Crippen molar-refractivity contribution in [3.05, 3.63) is 70.7 Å². The zero-order valence-corrected chi connectivity index (χ0v) is 11.3. The van der Waals surface area contributed by atoms with E-state index in [4.69, 9.17) is 23.2 Å². The third-order valence-electron chi connectivity index (χ3n) is 2.60. The lowest BCUT2D eigenvalue weighted by Gasteiger charge is -2.11. The van der Waals surface area contributed by atoms with Crippen molar-refractivity contribution in [2.24, 2.45) is 0 Å². The molecule has 0 radical (unpaired) electrons. The molecule has 0 amide bonds. The van der Waals surface area contributed by atoms with Gasteiger partial charge in [0.15, 0.2) is 0 Å². The minimum atomic E-state index is 0.629. The van der Waals surface area contributed by atoms with E-state index in [1.807, 2.05) is 36.4 Å². The van der Waals surface area contributed by atoms with E-state index in [0.29, 0.717) is 16.6 Å². The lowest BCUT2D eigenvalue weighted by Crippen LogP contribution is -2.03. The molecule has 1 nitrogen and oxygen atoms in total. The van der Waals surface area contributed by atoms with Crippen LogP contribution in [0, 0.1) is 0 Å². The van der Waals surface area contributed by atoms with Crippen LogP contribution in [0.2, 0.25) is 10.0 Å². The summed E-state index contributed by atoms with van der Waals surface area (Å²) in [5, 5.41) is 4.55. The minimum Gasteiger partial charge on any atom is -0.380 e. The highest BCUT2D eigenvalue weighted by molar-refractivity contribution is 6.35. The number of nitrogens with one attached hydrogen (secondary N) is 1. The smallest absolute Gasteiger partial charge is 0.0638 e. The topological polar surface area (TPSA) is 12.0 Å². The second-order valence-corrected chi connectivity index (χ2v) is 4.79. The van der Waals surface area contributed by atoms with Crippen molar-refractivity contribution in [1.82, 2.24) is 0 Å². The van der Waals surface area contributed by atoms with Crippen LogP contribution < -0.4 is 5.32 Å². The zero-order chi connectivity index (χ0) is 13.0. The van der Waals surface area contributed by atoms with Crippen LogP contribution in [0.3, 0.4) is 0 Å². The van der Waals surface area contributed by atoms with Crippen molar-refractivity contribution in [3.63, 3.8) is 0 Å². The van der Waals surface area contributed by atoms with Gasteiger partial charge < -0.3 is 5.32 Å². The summed E-state index contributed by atoms with van der Waals surface area (Å²) in [5.74, 6) is 0. The first-order valence-corrected chi connectivity index (χ1v) is 6.34. The second kappa shape index (κ2) is 5.94. The Balaban J connectivity index is 2.04. The van der Waals surface area contributed by atoms with E-state index in [0.717, 1.165) is 16.8 Å². The minimum absolute atomic E-state index is 0.629. The number of hydrogen-bond acceptors (Lipinski definition) is 1. The summed E-state index contributed by atoms with van der Waals surface area (Å²) in [6.07, 6.45) is 0. The Morgan fingerprint density at radius 3 is 2.50 bits per heavy atom. The Morgan fingerprint density at radius 1 is 1.06 bits per heavy atom. The summed E-state index contributed by atoms with van der Waals surface area (Å²) in [5.41, 5.74) is 2.94. The zero-order valence-electron chi connectivity index (χ0n) is 9.79. The molecule has 0 unspecified atom stereocenters. The fraction of sp³-hybridized carbons (Fsp3) is 0.0667. The molecule has 2 rings (SSSR count). The van der Waals surface area contributed by atoms with Gasteiger partial charge in [-0.1, -0.05) is 60.1 Å². The van der Waals surface area contributed by atoms with Gasteiger partial charge in [-0.25, -0.2) is 0 Å². The van der Waals surface area contributed by atoms with Crippen LogP contribution in [0.1, 0.15) is 5.56 Å². The van der Waals surface area contributed by atoms with Crippen molar-refractivity contribution >= 4 is 34.5 Å². The van der Waals surface area contributed by atoms with Crippen LogP contribution in [-0.2, 0) is 0 Å². The highest BCUT2D eigenvalue weighted by Gasteiger charge is 2.02. The van der Waals surface area contributed by atoms with E-state index < -0.39 is 0 Å². The Morgan fingerprint density at radius 2 is 1.78 bits per heavy atom. The average Bonchev–Trinajstić information content (AvgIpc) is 2.40. The van der Waals surface area contributed by atoms with Gasteiger partial charge in [-0.2, -0.15) is 0 Å². The summed E-state index contributed by atoms with van der Waals surface area (Å²) in [6, 6.07) is 15.4. The Hall–Kier alpha value is -1.44. The highest BCUT2D eigenvalue weighted by atomic mass is 35.5. The van der Waals surface area contributed by atoms with Gasteiger partial charge in [0.2, 0.25) is 0 Å². The van der Waals surface area contributed by atoms with Crippen LogP contribution in [0.5, 0.6) is 0 Å². The van der Waals surface area contributed by atoms with Gasteiger partial charge in [0.25, 0.3) is 0 Å². The van der Waals surface area contributed by atoms with E-state index in [2.05, 4.69) is 11.9 Å². The molecule has 0 saturated heterocycles. The normalized spacial score (nSPS) is 10.1. The molecule has 2 aromatic rings. The summed E-state index contributed by atoms with van der Waals surface area (Å²) < 4.78 is 0. The largest absolute Gasteiger partial charge is 0.380 e. The maximum Gasteiger partial charge on any atom is 0.0638 e. The molecular weight excluding hydrogens is 265 g/mol. The fourth-order valence-corrected chi connectivity index (χ4v) is 1.97. The van der Waals surface area contributed by atoms with Gasteiger partial charge in [0, 0.05) is 11.6 Å². The lowest BCUT2D eigenvalue weighted by atomic mass is 10.1. The Labute approximate surface area is 117 Å². The SMILES string of the molecule is C=C(CNc1cc(Cl)ccc1Cl)c1ccccc1. The maximum atomic E-state index is 6.07. The predicted molar refractivity (Wildman–Crippen MR) is 80.4 cm³/mol. The first-order chi connectivity index (χ1) is 8.66. The standard InChI is InChI=1S/C15H13Cl2N/c1-11(12-5-3-2-4-6-12)10-18-15-9-13(16)7-8-14(15)17/h2-9,18H,1,10H2. The van der Waals surface area contributed by atoms with E-state index >= 15 is 0 Å². The highest BCUT2D eigenvalue weighted by Crippen LogP contribution is 2.26. The number of benzene rings is 2. The van der Waals surface area contributed by atoms with Crippen molar-refractivity contribution in [1.29, 1.82) is 0 Å². The molecule has 0 saturated carbocycles. The molecule has 92 valence electrons. The molecule has 0 fully saturated rings. The summed E-state index contributed by atoms with van der Waals surface area (Å²) in [4.78, 5) is 0. The van der Waals surface area contributed by atoms with E-state index in [1.54, 1.807) is 12.1 Å². The quantitative estimate of drug-likeness (QED) is 0.818. The number of anilines is 1. The molecule has 3 heteroatoms. The molecule has 2 aromatic carbocycles. The van der Waals surface area contributed by atoms with Gasteiger partial charge in [0.1, 0.15) is 0 Å². The van der Waals surface area contributed by atoms with Crippen LogP contribution in [0.4, 0.5) is 5.69 Å². The van der Waals surface area contributed by atoms with E-state index in [1.165, 1.54) is 0 Å². The molecule has 0 aliphatic heterocycles. The van der Waals surface area contributed by atoms with Gasteiger partial charge in [-0.3, -0.25) is 0 Å². The summed E-state index contributed by atoms with van der Waals surface area (Å²) >= 11 is 12.0. The van der Waals surface area contributed by atoms with Crippen LogP contribution in [0.25, 0.3) is 5.57 Å². The van der Waals surface area contributed by atoms with Crippen molar-refractivity contribution in [2.45, 2.75) is 0 Å². The summed E-state index contributed by atoms with van der Waals surface area (Å²) in [7, 11) is 0. The molecule has 0 aromatic heterocycles. The van der Waals surface area contributed by atoms with Crippen LogP contribution in [-0.4, -0.2) is 6.54 Å². The molecule has 0 heterocycles. The number of rotatable bonds is 4. The fourth-order valence-electron chi connectivity index (χ4n) is 1.61. The molecule has 0 bridgehead atoms. The number of hydrogen-bond donors (Lipinski definition) is 1. The molecule has 1 N–H and O–H groups in total. The Bertz CT molecular complexity index is 550. The van der Waals surface area contributed by atoms with Crippen molar-refractivity contribution in [2.75, 3.05) is 11.9 Å². The molecular formula is C15H13Cl2N. The molecule has 18 heavy (non-hydrogen) atoms. The van der Waals surface area contributed by atoms with Crippen molar-refractivity contribution < 1.29 is 0 Å². The first kappa shape index (κ1) is 13.0. The lowest BCUT2D eigenvalue weighted by molar-refractivity contribution is 1.34. The predicted octanol–water partition coefficient (Wildman–Crippen LogP) is 5.12. The third kappa shape index (κ3) is 3.28. The van der Waals surface area contributed by atoms with E-state index in [9.17, 15) is 0 Å². The molecule has 0 aliphatic carbocycles. The average molecular weight is 278 g/mol. The van der Waals surface area contributed by atoms with Gasteiger partial charge in [-0.05, 0) is 29.3 Å². The molecule has 0 aliphatic rings. The maximum absolute atomic E-state index is 6.07. The van der Waals surface area contributed by atoms with Crippen molar-refractivity contribution in [3.8, 4) is 0 Å².